The van der Waals surface area contributed by atoms with Crippen LogP contribution in [0.4, 0.5) is 5.69 Å². The van der Waals surface area contributed by atoms with E-state index in [1.165, 1.54) is 25.2 Å². The summed E-state index contributed by atoms with van der Waals surface area (Å²) in [6.07, 6.45) is 0.280. The molecule has 5 atom stereocenters. The van der Waals surface area contributed by atoms with Crippen LogP contribution in [0.3, 0.4) is 0 Å². The standard InChI is InChI=1S/C36H51N5O6S/c1-24(2)21-38-36(45)33(25(3)23-42)37-22-31(17-27-13-9-7-10-14-27)40-35(44)30-18-29(19-32(20-30)41(5)48(6,46)47)34(43)39-26(4)28-15-11-8-12-16-28/h7-16,18-20,24-26,31,33-34,37,39,42-43H,17,21-23H2,1-6H3,(H,38,45)(H,40,44)/t25-,26-,31+,33+,34?/m1/s1. The number of carbonyl (C=O) groups excluding carboxylic acids is 2. The van der Waals surface area contributed by atoms with E-state index < -0.39 is 34.2 Å². The van der Waals surface area contributed by atoms with Gasteiger partial charge in [-0.1, -0.05) is 81.4 Å². The summed E-state index contributed by atoms with van der Waals surface area (Å²) in [7, 11) is -2.30. The SMILES string of the molecule is CC(C)CNC(=O)[C@@H](NC[C@H](Cc1ccccc1)NC(=O)c1cc(C(O)N[C@H](C)c2ccccc2)cc(N(C)S(C)(=O)=O)c1)[C@H](C)CO. The van der Waals surface area contributed by atoms with Crippen LogP contribution < -0.4 is 25.6 Å². The average Bonchev–Trinajstić information content (AvgIpc) is 3.06. The van der Waals surface area contributed by atoms with Crippen LogP contribution >= 0.6 is 0 Å². The van der Waals surface area contributed by atoms with Crippen LogP contribution in [0.1, 0.15) is 67.0 Å². The molecule has 0 fully saturated rings. The molecule has 3 aromatic rings. The molecule has 11 nitrogen and oxygen atoms in total. The van der Waals surface area contributed by atoms with Crippen LogP contribution in [0.15, 0.2) is 78.9 Å². The number of hydrogen-bond acceptors (Lipinski definition) is 8. The van der Waals surface area contributed by atoms with Crippen molar-refractivity contribution >= 4 is 27.5 Å². The molecule has 0 saturated heterocycles. The molecule has 48 heavy (non-hydrogen) atoms. The molecular formula is C36H51N5O6S. The van der Waals surface area contributed by atoms with Crippen LogP contribution in [0.25, 0.3) is 0 Å². The van der Waals surface area contributed by atoms with Gasteiger partial charge in [0.05, 0.1) is 18.0 Å². The van der Waals surface area contributed by atoms with Gasteiger partial charge in [-0.25, -0.2) is 8.42 Å². The van der Waals surface area contributed by atoms with Crippen LogP contribution in [0.5, 0.6) is 0 Å². The minimum absolute atomic E-state index is 0.152. The zero-order valence-electron chi connectivity index (χ0n) is 28.7. The third kappa shape index (κ3) is 11.7. The molecule has 3 aromatic carbocycles. The molecule has 12 heteroatoms. The quantitative estimate of drug-likeness (QED) is 0.112. The number of sulfonamides is 1. The maximum Gasteiger partial charge on any atom is 0.251 e. The van der Waals surface area contributed by atoms with Crippen molar-refractivity contribution in [3.63, 3.8) is 0 Å². The lowest BCUT2D eigenvalue weighted by Crippen LogP contribution is -2.54. The van der Waals surface area contributed by atoms with E-state index >= 15 is 0 Å². The number of anilines is 1. The summed E-state index contributed by atoms with van der Waals surface area (Å²) >= 11 is 0. The van der Waals surface area contributed by atoms with Crippen molar-refractivity contribution in [2.75, 3.05) is 37.3 Å². The Labute approximate surface area is 285 Å². The first-order valence-corrected chi connectivity index (χ1v) is 18.1. The molecule has 0 radical (unpaired) electrons. The smallest absolute Gasteiger partial charge is 0.251 e. The molecule has 1 unspecified atom stereocenters. The van der Waals surface area contributed by atoms with Gasteiger partial charge in [0.2, 0.25) is 15.9 Å². The monoisotopic (exact) mass is 681 g/mol. The van der Waals surface area contributed by atoms with Crippen LogP contribution in [0.2, 0.25) is 0 Å². The number of rotatable bonds is 18. The van der Waals surface area contributed by atoms with Crippen molar-refractivity contribution in [2.24, 2.45) is 11.8 Å². The maximum absolute atomic E-state index is 13.9. The molecule has 3 rings (SSSR count). The van der Waals surface area contributed by atoms with Gasteiger partial charge >= 0.3 is 0 Å². The fraction of sp³-hybridized carbons (Fsp3) is 0.444. The van der Waals surface area contributed by atoms with E-state index in [9.17, 15) is 28.2 Å². The predicted molar refractivity (Wildman–Crippen MR) is 190 cm³/mol. The number of hydrogen-bond donors (Lipinski definition) is 6. The highest BCUT2D eigenvalue weighted by atomic mass is 32.2. The highest BCUT2D eigenvalue weighted by Crippen LogP contribution is 2.26. The first-order valence-electron chi connectivity index (χ1n) is 16.2. The van der Waals surface area contributed by atoms with E-state index in [1.807, 2.05) is 81.4 Å². The number of nitrogens with one attached hydrogen (secondary N) is 4. The molecule has 262 valence electrons. The van der Waals surface area contributed by atoms with Crippen LogP contribution in [0, 0.1) is 11.8 Å². The van der Waals surface area contributed by atoms with E-state index in [0.29, 0.717) is 18.5 Å². The molecule has 0 aliphatic rings. The Bertz CT molecular complexity index is 1570. The van der Waals surface area contributed by atoms with Gasteiger partial charge in [-0.15, -0.1) is 0 Å². The second-order valence-corrected chi connectivity index (χ2v) is 14.8. The maximum atomic E-state index is 13.9. The van der Waals surface area contributed by atoms with Gasteiger partial charge in [-0.3, -0.25) is 19.2 Å². The Morgan fingerprint density at radius 2 is 1.50 bits per heavy atom. The topological polar surface area (TPSA) is 160 Å². The molecule has 6 N–H and O–H groups in total. The summed E-state index contributed by atoms with van der Waals surface area (Å²) in [6, 6.07) is 22.2. The predicted octanol–water partition coefficient (Wildman–Crippen LogP) is 3.12. The largest absolute Gasteiger partial charge is 0.396 e. The van der Waals surface area contributed by atoms with Gasteiger partial charge in [0.15, 0.2) is 0 Å². The highest BCUT2D eigenvalue weighted by molar-refractivity contribution is 7.92. The molecule has 0 aliphatic heterocycles. The van der Waals surface area contributed by atoms with Crippen molar-refractivity contribution in [3.05, 3.63) is 101 Å². The van der Waals surface area contributed by atoms with E-state index in [2.05, 4.69) is 21.3 Å². The molecule has 2 amide bonds. The normalized spacial score (nSPS) is 14.9. The number of aliphatic hydroxyl groups excluding tert-OH is 2. The minimum Gasteiger partial charge on any atom is -0.396 e. The first-order chi connectivity index (χ1) is 22.7. The zero-order valence-corrected chi connectivity index (χ0v) is 29.5. The fourth-order valence-corrected chi connectivity index (χ4v) is 5.64. The number of amides is 2. The van der Waals surface area contributed by atoms with Crippen molar-refractivity contribution in [1.29, 1.82) is 0 Å². The molecule has 0 heterocycles. The van der Waals surface area contributed by atoms with Gasteiger partial charge in [0.1, 0.15) is 6.23 Å². The lowest BCUT2D eigenvalue weighted by Gasteiger charge is -2.27. The van der Waals surface area contributed by atoms with Crippen molar-refractivity contribution < 1.29 is 28.2 Å². The Balaban J connectivity index is 1.92. The summed E-state index contributed by atoms with van der Waals surface area (Å²) in [5.41, 5.74) is 2.58. The molecule has 0 bridgehead atoms. The Morgan fingerprint density at radius 1 is 0.875 bits per heavy atom. The lowest BCUT2D eigenvalue weighted by atomic mass is 10.00. The average molecular weight is 682 g/mol. The van der Waals surface area contributed by atoms with Crippen molar-refractivity contribution in [2.45, 2.75) is 58.5 Å². The molecule has 0 aliphatic carbocycles. The third-order valence-corrected chi connectivity index (χ3v) is 9.36. The second-order valence-electron chi connectivity index (χ2n) is 12.8. The van der Waals surface area contributed by atoms with Gasteiger partial charge in [-0.05, 0) is 54.2 Å². The number of nitrogens with zero attached hydrogens (tertiary/aromatic N) is 1. The summed E-state index contributed by atoms with van der Waals surface area (Å²) in [5, 5.41) is 33.5. The number of carbonyl (C=O) groups is 2. The van der Waals surface area contributed by atoms with Gasteiger partial charge in [-0.2, -0.15) is 0 Å². The van der Waals surface area contributed by atoms with Crippen LogP contribution in [-0.2, 0) is 21.2 Å². The summed E-state index contributed by atoms with van der Waals surface area (Å²) in [6.45, 7) is 8.16. The fourth-order valence-electron chi connectivity index (χ4n) is 5.15. The Kier molecular flexibility index (Phi) is 14.6. The van der Waals surface area contributed by atoms with Crippen molar-refractivity contribution in [1.82, 2.24) is 21.3 Å². The second kappa shape index (κ2) is 18.1. The van der Waals surface area contributed by atoms with E-state index in [1.54, 1.807) is 6.92 Å². The van der Waals surface area contributed by atoms with Gasteiger partial charge < -0.3 is 26.2 Å². The summed E-state index contributed by atoms with van der Waals surface area (Å²) < 4.78 is 26.0. The van der Waals surface area contributed by atoms with Gasteiger partial charge in [0, 0.05) is 50.3 Å². The lowest BCUT2D eigenvalue weighted by molar-refractivity contribution is -0.124. The Morgan fingerprint density at radius 3 is 2.08 bits per heavy atom. The molecule has 0 spiro atoms. The van der Waals surface area contributed by atoms with E-state index in [0.717, 1.165) is 21.7 Å². The van der Waals surface area contributed by atoms with E-state index in [-0.39, 0.29) is 48.2 Å². The van der Waals surface area contributed by atoms with E-state index in [4.69, 9.17) is 0 Å². The number of aliphatic hydroxyl groups is 2. The third-order valence-electron chi connectivity index (χ3n) is 8.15. The Hall–Kier alpha value is -3.81. The number of benzene rings is 3. The molecule has 0 saturated carbocycles. The first kappa shape index (κ1) is 38.6. The van der Waals surface area contributed by atoms with Crippen LogP contribution in [-0.4, -0.2) is 75.5 Å². The summed E-state index contributed by atoms with van der Waals surface area (Å²) in [4.78, 5) is 27.0. The molecular weight excluding hydrogens is 630 g/mol. The zero-order chi connectivity index (χ0) is 35.4. The summed E-state index contributed by atoms with van der Waals surface area (Å²) in [5.74, 6) is -0.852. The van der Waals surface area contributed by atoms with Crippen molar-refractivity contribution in [3.8, 4) is 0 Å². The highest BCUT2D eigenvalue weighted by Gasteiger charge is 2.27. The molecule has 0 aromatic heterocycles. The minimum atomic E-state index is -3.69. The van der Waals surface area contributed by atoms with Gasteiger partial charge in [0.25, 0.3) is 5.91 Å².